The molecule has 0 aromatic heterocycles. The van der Waals surface area contributed by atoms with E-state index in [0.717, 1.165) is 0 Å². The fourth-order valence-electron chi connectivity index (χ4n) is 3.28. The van der Waals surface area contributed by atoms with Crippen molar-refractivity contribution in [1.82, 2.24) is 10.2 Å². The lowest BCUT2D eigenvalue weighted by Gasteiger charge is -2.33. The normalized spacial score (nSPS) is 28.7. The second kappa shape index (κ2) is 7.85. The summed E-state index contributed by atoms with van der Waals surface area (Å²) in [7, 11) is 1.55. The van der Waals surface area contributed by atoms with E-state index in [0.29, 0.717) is 17.9 Å². The quantitative estimate of drug-likeness (QED) is 0.817. The number of carbonyl (C=O) groups excluding carboxylic acids is 1. The van der Waals surface area contributed by atoms with Gasteiger partial charge in [0.15, 0.2) is 0 Å². The number of nitrogens with zero attached hydrogens (tertiary/aromatic N) is 1. The molecule has 6 nitrogen and oxygen atoms in total. The summed E-state index contributed by atoms with van der Waals surface area (Å²) in [6.45, 7) is 1.13. The molecule has 1 aromatic carbocycles. The number of aliphatic hydroxyl groups is 1. The third-order valence-electron chi connectivity index (χ3n) is 4.98. The van der Waals surface area contributed by atoms with Crippen LogP contribution in [0.25, 0.3) is 0 Å². The van der Waals surface area contributed by atoms with E-state index in [1.54, 1.807) is 31.4 Å². The molecule has 0 radical (unpaired) electrons. The number of rotatable bonds is 5. The monoisotopic (exact) mass is 370 g/mol. The number of aliphatic hydroxyl groups excluding tert-OH is 1. The molecule has 3 unspecified atom stereocenters. The van der Waals surface area contributed by atoms with Crippen molar-refractivity contribution in [2.45, 2.75) is 37.0 Å². The predicted molar refractivity (Wildman–Crippen MR) is 90.6 cm³/mol. The van der Waals surface area contributed by atoms with Gasteiger partial charge in [-0.15, -0.1) is 0 Å². The molecule has 2 saturated heterocycles. The van der Waals surface area contributed by atoms with Crippen molar-refractivity contribution >= 4 is 5.91 Å². The zero-order valence-electron chi connectivity index (χ0n) is 14.7. The highest BCUT2D eigenvalue weighted by molar-refractivity contribution is 5.94. The fraction of sp³-hybridized carbons (Fsp3) is 0.611. The molecular formula is C18H24F2N2O4. The maximum Gasteiger partial charge on any atom is 0.251 e. The Morgan fingerprint density at radius 2 is 2.00 bits per heavy atom. The molecule has 0 aliphatic carbocycles. The molecule has 2 fully saturated rings. The third-order valence-corrected chi connectivity index (χ3v) is 4.98. The Kier molecular flexibility index (Phi) is 5.74. The molecular weight excluding hydrogens is 346 g/mol. The van der Waals surface area contributed by atoms with Crippen LogP contribution >= 0.6 is 0 Å². The molecule has 144 valence electrons. The Morgan fingerprint density at radius 3 is 2.62 bits per heavy atom. The lowest BCUT2D eigenvalue weighted by Crippen LogP contribution is -2.48. The molecule has 2 N–H and O–H groups in total. The van der Waals surface area contributed by atoms with Gasteiger partial charge in [0, 0.05) is 38.0 Å². The Bertz CT molecular complexity index is 616. The van der Waals surface area contributed by atoms with Crippen LogP contribution in [0, 0.1) is 0 Å². The van der Waals surface area contributed by atoms with Gasteiger partial charge < -0.3 is 24.8 Å². The van der Waals surface area contributed by atoms with E-state index in [1.165, 1.54) is 0 Å². The third kappa shape index (κ3) is 4.49. The van der Waals surface area contributed by atoms with Gasteiger partial charge in [-0.25, -0.2) is 8.78 Å². The van der Waals surface area contributed by atoms with Crippen LogP contribution in [0.5, 0.6) is 5.75 Å². The summed E-state index contributed by atoms with van der Waals surface area (Å²) in [5.41, 5.74) is 0.458. The largest absolute Gasteiger partial charge is 0.497 e. The topological polar surface area (TPSA) is 71.0 Å². The summed E-state index contributed by atoms with van der Waals surface area (Å²) >= 11 is 0. The van der Waals surface area contributed by atoms with Crippen molar-refractivity contribution in [2.24, 2.45) is 0 Å². The zero-order chi connectivity index (χ0) is 18.7. The summed E-state index contributed by atoms with van der Waals surface area (Å²) in [5, 5.41) is 13.2. The second-order valence-electron chi connectivity index (χ2n) is 6.83. The number of hydrogen-bond donors (Lipinski definition) is 2. The Balaban J connectivity index is 1.50. The van der Waals surface area contributed by atoms with Crippen molar-refractivity contribution in [1.29, 1.82) is 0 Å². The number of methoxy groups -OCH3 is 1. The van der Waals surface area contributed by atoms with Crippen LogP contribution in [0.3, 0.4) is 0 Å². The maximum atomic E-state index is 13.2. The molecule has 1 aromatic rings. The Hall–Kier alpha value is -1.77. The number of benzene rings is 1. The highest BCUT2D eigenvalue weighted by Crippen LogP contribution is 2.28. The molecule has 2 heterocycles. The average Bonchev–Trinajstić information content (AvgIpc) is 2.97. The molecule has 1 amide bonds. The van der Waals surface area contributed by atoms with E-state index in [4.69, 9.17) is 9.47 Å². The minimum absolute atomic E-state index is 0.173. The van der Waals surface area contributed by atoms with Gasteiger partial charge in [-0.05, 0) is 24.3 Å². The summed E-state index contributed by atoms with van der Waals surface area (Å²) in [6, 6.07) is 6.13. The minimum Gasteiger partial charge on any atom is -0.497 e. The van der Waals surface area contributed by atoms with E-state index >= 15 is 0 Å². The maximum absolute atomic E-state index is 13.2. The predicted octanol–water partition coefficient (Wildman–Crippen LogP) is 1.28. The van der Waals surface area contributed by atoms with Gasteiger partial charge in [0.2, 0.25) is 0 Å². The molecule has 3 atom stereocenters. The van der Waals surface area contributed by atoms with Gasteiger partial charge in [0.25, 0.3) is 11.8 Å². The standard InChI is InChI=1S/C18H24F2N2O4/c1-25-13-4-2-12(3-5-13)17(24)21-14-11-26-15(16(14)23)10-22-8-6-18(19,20)7-9-22/h2-5,14-16,23H,6-11H2,1H3,(H,21,24). The van der Waals surface area contributed by atoms with Crippen LogP contribution in [0.4, 0.5) is 8.78 Å². The van der Waals surface area contributed by atoms with Gasteiger partial charge in [-0.3, -0.25) is 4.79 Å². The first-order chi connectivity index (χ1) is 12.4. The number of piperidine rings is 1. The number of carbonyl (C=O) groups is 1. The van der Waals surface area contributed by atoms with E-state index in [9.17, 15) is 18.7 Å². The number of likely N-dealkylation sites (tertiary alicyclic amines) is 1. The van der Waals surface area contributed by atoms with Crippen LogP contribution in [-0.4, -0.2) is 73.4 Å². The first-order valence-electron chi connectivity index (χ1n) is 8.73. The lowest BCUT2D eigenvalue weighted by atomic mass is 10.0. The van der Waals surface area contributed by atoms with Crippen LogP contribution in [0.1, 0.15) is 23.2 Å². The van der Waals surface area contributed by atoms with Crippen molar-refractivity contribution in [3.05, 3.63) is 29.8 Å². The van der Waals surface area contributed by atoms with Crippen LogP contribution in [-0.2, 0) is 4.74 Å². The van der Waals surface area contributed by atoms with Gasteiger partial charge in [-0.2, -0.15) is 0 Å². The number of amides is 1. The van der Waals surface area contributed by atoms with Gasteiger partial charge in [0.05, 0.1) is 25.9 Å². The van der Waals surface area contributed by atoms with Crippen molar-refractivity contribution in [2.75, 3.05) is 33.4 Å². The van der Waals surface area contributed by atoms with E-state index in [-0.39, 0.29) is 38.4 Å². The molecule has 2 aliphatic rings. The average molecular weight is 370 g/mol. The Labute approximate surface area is 151 Å². The lowest BCUT2D eigenvalue weighted by molar-refractivity contribution is -0.0674. The van der Waals surface area contributed by atoms with Crippen molar-refractivity contribution < 1.29 is 28.2 Å². The first kappa shape index (κ1) is 19.0. The number of nitrogens with one attached hydrogen (secondary N) is 1. The minimum atomic E-state index is -2.60. The van der Waals surface area contributed by atoms with Crippen LogP contribution < -0.4 is 10.1 Å². The summed E-state index contributed by atoms with van der Waals surface area (Å²) in [4.78, 5) is 14.2. The summed E-state index contributed by atoms with van der Waals surface area (Å²) in [6.07, 6.45) is -1.72. The summed E-state index contributed by atoms with van der Waals surface area (Å²) in [5.74, 6) is -2.25. The number of alkyl halides is 2. The molecule has 3 rings (SSSR count). The fourth-order valence-corrected chi connectivity index (χ4v) is 3.28. The molecule has 0 bridgehead atoms. The van der Waals surface area contributed by atoms with Gasteiger partial charge >= 0.3 is 0 Å². The zero-order valence-corrected chi connectivity index (χ0v) is 14.7. The van der Waals surface area contributed by atoms with E-state index in [2.05, 4.69) is 5.32 Å². The van der Waals surface area contributed by atoms with E-state index in [1.807, 2.05) is 4.90 Å². The smallest absolute Gasteiger partial charge is 0.251 e. The summed E-state index contributed by atoms with van der Waals surface area (Å²) < 4.78 is 37.1. The van der Waals surface area contributed by atoms with Crippen LogP contribution in [0.15, 0.2) is 24.3 Å². The highest BCUT2D eigenvalue weighted by atomic mass is 19.3. The van der Waals surface area contributed by atoms with Crippen molar-refractivity contribution in [3.8, 4) is 5.75 Å². The van der Waals surface area contributed by atoms with E-state index < -0.39 is 24.2 Å². The second-order valence-corrected chi connectivity index (χ2v) is 6.83. The number of ether oxygens (including phenoxy) is 2. The highest BCUT2D eigenvalue weighted by Gasteiger charge is 2.40. The van der Waals surface area contributed by atoms with Gasteiger partial charge in [0.1, 0.15) is 11.9 Å². The Morgan fingerprint density at radius 1 is 1.35 bits per heavy atom. The molecule has 26 heavy (non-hydrogen) atoms. The van der Waals surface area contributed by atoms with Crippen LogP contribution in [0.2, 0.25) is 0 Å². The molecule has 0 spiro atoms. The SMILES string of the molecule is COc1ccc(C(=O)NC2COC(CN3CCC(F)(F)CC3)C2O)cc1. The molecule has 8 heteroatoms. The van der Waals surface area contributed by atoms with Crippen molar-refractivity contribution in [3.63, 3.8) is 0 Å². The number of halogens is 2. The molecule has 0 saturated carbocycles. The molecule has 2 aliphatic heterocycles. The number of hydrogen-bond acceptors (Lipinski definition) is 5. The van der Waals surface area contributed by atoms with Gasteiger partial charge in [-0.1, -0.05) is 0 Å². The first-order valence-corrected chi connectivity index (χ1v) is 8.73.